The van der Waals surface area contributed by atoms with Gasteiger partial charge >= 0.3 is 0 Å². The molecule has 0 bridgehead atoms. The quantitative estimate of drug-likeness (QED) is 0.749. The molecule has 0 saturated carbocycles. The molecular weight excluding hydrogens is 344 g/mol. The lowest BCUT2D eigenvalue weighted by Crippen LogP contribution is -2.45. The Morgan fingerprint density at radius 3 is 2.44 bits per heavy atom. The maximum atomic E-state index is 12.2. The number of methoxy groups -OCH3 is 2. The van der Waals surface area contributed by atoms with Crippen LogP contribution >= 0.6 is 0 Å². The van der Waals surface area contributed by atoms with Gasteiger partial charge in [-0.2, -0.15) is 0 Å². The third-order valence-electron chi connectivity index (χ3n) is 4.18. The van der Waals surface area contributed by atoms with E-state index in [4.69, 9.17) is 9.47 Å². The number of rotatable bonds is 8. The Kier molecular flexibility index (Phi) is 7.23. The lowest BCUT2D eigenvalue weighted by Gasteiger charge is -2.15. The molecule has 0 aliphatic heterocycles. The predicted molar refractivity (Wildman–Crippen MR) is 104 cm³/mol. The Morgan fingerprint density at radius 1 is 1.04 bits per heavy atom. The maximum Gasteiger partial charge on any atom is 0.251 e. The first-order chi connectivity index (χ1) is 12.9. The summed E-state index contributed by atoms with van der Waals surface area (Å²) in [4.78, 5) is 24.4. The van der Waals surface area contributed by atoms with Crippen LogP contribution in [-0.4, -0.2) is 38.6 Å². The van der Waals surface area contributed by atoms with Crippen molar-refractivity contribution in [2.45, 2.75) is 26.3 Å². The number of carbonyl (C=O) groups is 2. The van der Waals surface area contributed by atoms with Crippen molar-refractivity contribution < 1.29 is 19.1 Å². The van der Waals surface area contributed by atoms with E-state index in [-0.39, 0.29) is 11.8 Å². The van der Waals surface area contributed by atoms with Crippen molar-refractivity contribution >= 4 is 11.8 Å². The van der Waals surface area contributed by atoms with Crippen molar-refractivity contribution in [3.8, 4) is 11.5 Å². The average molecular weight is 370 g/mol. The van der Waals surface area contributed by atoms with Gasteiger partial charge in [0.1, 0.15) is 6.04 Å². The molecule has 2 N–H and O–H groups in total. The third kappa shape index (κ3) is 5.74. The number of carbonyl (C=O) groups excluding carboxylic acids is 2. The summed E-state index contributed by atoms with van der Waals surface area (Å²) in [5.74, 6) is 0.829. The molecule has 0 fully saturated rings. The summed E-state index contributed by atoms with van der Waals surface area (Å²) in [5, 5.41) is 5.56. The van der Waals surface area contributed by atoms with E-state index in [2.05, 4.69) is 10.6 Å². The summed E-state index contributed by atoms with van der Waals surface area (Å²) in [6.07, 6.45) is 0.643. The highest BCUT2D eigenvalue weighted by Crippen LogP contribution is 2.27. The highest BCUT2D eigenvalue weighted by atomic mass is 16.5. The average Bonchev–Trinajstić information content (AvgIpc) is 2.67. The topological polar surface area (TPSA) is 76.7 Å². The van der Waals surface area contributed by atoms with E-state index in [1.807, 2.05) is 37.3 Å². The molecule has 0 aliphatic carbocycles. The van der Waals surface area contributed by atoms with Crippen molar-refractivity contribution in [1.29, 1.82) is 0 Å². The minimum Gasteiger partial charge on any atom is -0.493 e. The van der Waals surface area contributed by atoms with Gasteiger partial charge in [-0.25, -0.2) is 0 Å². The molecule has 2 amide bonds. The van der Waals surface area contributed by atoms with E-state index in [1.165, 1.54) is 0 Å². The first kappa shape index (κ1) is 20.3. The molecule has 0 unspecified atom stereocenters. The van der Waals surface area contributed by atoms with Crippen molar-refractivity contribution in [1.82, 2.24) is 10.6 Å². The molecular formula is C21H26N2O4. The molecule has 2 aromatic rings. The Morgan fingerprint density at radius 2 is 1.78 bits per heavy atom. The molecule has 1 atom stereocenters. The van der Waals surface area contributed by atoms with Gasteiger partial charge in [0, 0.05) is 12.1 Å². The molecule has 0 heterocycles. The zero-order valence-corrected chi connectivity index (χ0v) is 16.2. The summed E-state index contributed by atoms with van der Waals surface area (Å²) >= 11 is 0. The van der Waals surface area contributed by atoms with Gasteiger partial charge < -0.3 is 20.1 Å². The lowest BCUT2D eigenvalue weighted by molar-refractivity contribution is -0.122. The second-order valence-corrected chi connectivity index (χ2v) is 6.29. The number of aryl methyl sites for hydroxylation is 1. The Labute approximate surface area is 159 Å². The van der Waals surface area contributed by atoms with Crippen LogP contribution in [0.1, 0.15) is 28.4 Å². The van der Waals surface area contributed by atoms with Gasteiger partial charge in [0.2, 0.25) is 5.91 Å². The van der Waals surface area contributed by atoms with E-state index in [0.29, 0.717) is 30.0 Å². The first-order valence-corrected chi connectivity index (χ1v) is 8.80. The van der Waals surface area contributed by atoms with Gasteiger partial charge in [-0.15, -0.1) is 0 Å². The first-order valence-electron chi connectivity index (χ1n) is 8.80. The third-order valence-corrected chi connectivity index (χ3v) is 4.18. The largest absolute Gasteiger partial charge is 0.493 e. The highest BCUT2D eigenvalue weighted by molar-refractivity contribution is 5.97. The van der Waals surface area contributed by atoms with Gasteiger partial charge in [-0.3, -0.25) is 9.59 Å². The molecule has 0 aromatic heterocycles. The van der Waals surface area contributed by atoms with E-state index >= 15 is 0 Å². The standard InChI is InChI=1S/C21H26N2O4/c1-14-6-5-7-17(12-14)21(25)23-15(2)20(24)22-11-10-16-8-9-18(26-3)19(13-16)27-4/h5-9,12-13,15H,10-11H2,1-4H3,(H,22,24)(H,23,25)/t15-/m0/s1. The Bertz CT molecular complexity index is 805. The number of nitrogens with one attached hydrogen (secondary N) is 2. The Balaban J connectivity index is 1.83. The van der Waals surface area contributed by atoms with Crippen molar-refractivity contribution in [3.05, 3.63) is 59.2 Å². The summed E-state index contributed by atoms with van der Waals surface area (Å²) in [6, 6.07) is 12.3. The summed E-state index contributed by atoms with van der Waals surface area (Å²) in [7, 11) is 3.17. The normalized spacial score (nSPS) is 11.4. The van der Waals surface area contributed by atoms with E-state index in [9.17, 15) is 9.59 Å². The fourth-order valence-corrected chi connectivity index (χ4v) is 2.65. The monoisotopic (exact) mass is 370 g/mol. The van der Waals surface area contributed by atoms with Crippen molar-refractivity contribution in [2.24, 2.45) is 0 Å². The molecule has 2 aromatic carbocycles. The molecule has 0 radical (unpaired) electrons. The van der Waals surface area contributed by atoms with E-state index in [0.717, 1.165) is 11.1 Å². The predicted octanol–water partition coefficient (Wildman–Crippen LogP) is 2.49. The minimum absolute atomic E-state index is 0.225. The molecule has 0 aliphatic rings. The number of amides is 2. The van der Waals surface area contributed by atoms with Crippen LogP contribution in [0.25, 0.3) is 0 Å². The summed E-state index contributed by atoms with van der Waals surface area (Å²) < 4.78 is 10.5. The molecule has 144 valence electrons. The van der Waals surface area contributed by atoms with Crippen LogP contribution in [0.15, 0.2) is 42.5 Å². The summed E-state index contributed by atoms with van der Waals surface area (Å²) in [5.41, 5.74) is 2.55. The molecule has 0 saturated heterocycles. The van der Waals surface area contributed by atoms with Gasteiger partial charge in [0.15, 0.2) is 11.5 Å². The number of ether oxygens (including phenoxy) is 2. The van der Waals surface area contributed by atoms with Crippen LogP contribution in [0.4, 0.5) is 0 Å². The summed E-state index contributed by atoms with van der Waals surface area (Å²) in [6.45, 7) is 4.04. The van der Waals surface area contributed by atoms with Crippen LogP contribution in [0.5, 0.6) is 11.5 Å². The Hall–Kier alpha value is -3.02. The highest BCUT2D eigenvalue weighted by Gasteiger charge is 2.16. The van der Waals surface area contributed by atoms with Gasteiger partial charge in [-0.05, 0) is 50.1 Å². The fourth-order valence-electron chi connectivity index (χ4n) is 2.65. The van der Waals surface area contributed by atoms with E-state index in [1.54, 1.807) is 33.3 Å². The van der Waals surface area contributed by atoms with E-state index < -0.39 is 6.04 Å². The van der Waals surface area contributed by atoms with Crippen molar-refractivity contribution in [2.75, 3.05) is 20.8 Å². The number of hydrogen-bond acceptors (Lipinski definition) is 4. The van der Waals surface area contributed by atoms with Crippen LogP contribution in [0.2, 0.25) is 0 Å². The zero-order valence-electron chi connectivity index (χ0n) is 16.2. The zero-order chi connectivity index (χ0) is 19.8. The van der Waals surface area contributed by atoms with Crippen molar-refractivity contribution in [3.63, 3.8) is 0 Å². The van der Waals surface area contributed by atoms with Crippen LogP contribution < -0.4 is 20.1 Å². The number of benzene rings is 2. The molecule has 6 heteroatoms. The number of hydrogen-bond donors (Lipinski definition) is 2. The SMILES string of the molecule is COc1ccc(CCNC(=O)[C@H](C)NC(=O)c2cccc(C)c2)cc1OC. The minimum atomic E-state index is -0.622. The van der Waals surface area contributed by atoms with Crippen LogP contribution in [-0.2, 0) is 11.2 Å². The fraction of sp³-hybridized carbons (Fsp3) is 0.333. The van der Waals surface area contributed by atoms with Gasteiger partial charge in [0.25, 0.3) is 5.91 Å². The molecule has 2 rings (SSSR count). The van der Waals surface area contributed by atoms with Gasteiger partial charge in [-0.1, -0.05) is 23.8 Å². The second-order valence-electron chi connectivity index (χ2n) is 6.29. The lowest BCUT2D eigenvalue weighted by atomic mass is 10.1. The second kappa shape index (κ2) is 9.62. The van der Waals surface area contributed by atoms with Crippen LogP contribution in [0, 0.1) is 6.92 Å². The smallest absolute Gasteiger partial charge is 0.251 e. The maximum absolute atomic E-state index is 12.2. The molecule has 27 heavy (non-hydrogen) atoms. The molecule has 0 spiro atoms. The van der Waals surface area contributed by atoms with Gasteiger partial charge in [0.05, 0.1) is 14.2 Å². The van der Waals surface area contributed by atoms with Crippen LogP contribution in [0.3, 0.4) is 0 Å². The molecule has 6 nitrogen and oxygen atoms in total.